The summed E-state index contributed by atoms with van der Waals surface area (Å²) in [7, 11) is -2.52. The molecule has 0 aromatic heterocycles. The van der Waals surface area contributed by atoms with E-state index in [4.69, 9.17) is 10.0 Å². The zero-order valence-corrected chi connectivity index (χ0v) is 15.6. The van der Waals surface area contributed by atoms with Crippen LogP contribution in [0.15, 0.2) is 48.5 Å². The maximum Gasteiger partial charge on any atom is 0.707 e. The average Bonchev–Trinajstić information content (AvgIpc) is 2.62. The highest BCUT2D eigenvalue weighted by molar-refractivity contribution is 6.33. The number of anilines is 1. The van der Waals surface area contributed by atoms with Crippen LogP contribution in [0.2, 0.25) is 0 Å². The summed E-state index contributed by atoms with van der Waals surface area (Å²) in [5.41, 5.74) is -1.89. The fraction of sp³-hybridized carbons (Fsp3) is 0.333. The highest BCUT2D eigenvalue weighted by atomic mass is 19.4. The highest BCUT2D eigenvalue weighted by Gasteiger charge is 2.37. The van der Waals surface area contributed by atoms with Crippen molar-refractivity contribution in [2.45, 2.75) is 26.2 Å². The SMILES string of the molecule is CCN(CC)c1ccccc1.OB(O)Oc1cc(C(F)(F)F)cc(C(F)(F)F)c1. The molecule has 2 aromatic rings. The molecule has 0 aliphatic heterocycles. The molecule has 0 atom stereocenters. The lowest BCUT2D eigenvalue weighted by Gasteiger charge is -2.20. The Labute approximate surface area is 164 Å². The Hall–Kier alpha value is -2.40. The molecule has 0 saturated carbocycles. The van der Waals surface area contributed by atoms with Gasteiger partial charge < -0.3 is 19.6 Å². The van der Waals surface area contributed by atoms with Crippen LogP contribution in [0.25, 0.3) is 0 Å². The van der Waals surface area contributed by atoms with E-state index >= 15 is 0 Å². The van der Waals surface area contributed by atoms with Crippen molar-refractivity contribution in [3.63, 3.8) is 0 Å². The van der Waals surface area contributed by atoms with Crippen LogP contribution in [0.1, 0.15) is 25.0 Å². The molecule has 0 spiro atoms. The summed E-state index contributed by atoms with van der Waals surface area (Å²) in [5, 5.41) is 16.7. The second kappa shape index (κ2) is 10.4. The summed E-state index contributed by atoms with van der Waals surface area (Å²) >= 11 is 0. The lowest BCUT2D eigenvalue weighted by molar-refractivity contribution is -0.143. The van der Waals surface area contributed by atoms with Gasteiger partial charge in [-0.3, -0.25) is 0 Å². The molecule has 0 radical (unpaired) electrons. The molecule has 0 heterocycles. The largest absolute Gasteiger partial charge is 0.707 e. The van der Waals surface area contributed by atoms with Gasteiger partial charge in [0.05, 0.1) is 11.1 Å². The molecule has 0 fully saturated rings. The van der Waals surface area contributed by atoms with Gasteiger partial charge in [-0.05, 0) is 44.2 Å². The van der Waals surface area contributed by atoms with Crippen molar-refractivity contribution < 1.29 is 41.0 Å². The molecule has 0 saturated heterocycles. The van der Waals surface area contributed by atoms with Crippen molar-refractivity contribution >= 4 is 13.0 Å². The Morgan fingerprint density at radius 3 is 1.62 bits per heavy atom. The van der Waals surface area contributed by atoms with E-state index in [1.807, 2.05) is 6.07 Å². The first kappa shape index (κ1) is 24.6. The number of para-hydroxylation sites is 1. The Balaban J connectivity index is 0.000000326. The molecule has 0 aliphatic rings. The molecule has 2 N–H and O–H groups in total. The van der Waals surface area contributed by atoms with Crippen LogP contribution >= 0.6 is 0 Å². The van der Waals surface area contributed by atoms with Crippen molar-refractivity contribution in [1.29, 1.82) is 0 Å². The molecule has 160 valence electrons. The summed E-state index contributed by atoms with van der Waals surface area (Å²) < 4.78 is 78.0. The standard InChI is InChI=1S/C10H15N.C8H5BF6O3/c1-3-11(4-2)10-8-6-5-7-9-10;10-7(11,12)4-1-5(8(13,14)15)3-6(2-4)18-9(16)17/h5-9H,3-4H2,1-2H3;1-3,16-17H. The summed E-state index contributed by atoms with van der Waals surface area (Å²) in [6, 6.07) is 10.9. The second-order valence-electron chi connectivity index (χ2n) is 5.69. The lowest BCUT2D eigenvalue weighted by Crippen LogP contribution is -2.21. The van der Waals surface area contributed by atoms with Crippen molar-refractivity contribution in [3.8, 4) is 5.75 Å². The Morgan fingerprint density at radius 1 is 0.828 bits per heavy atom. The van der Waals surface area contributed by atoms with E-state index in [2.05, 4.69) is 47.7 Å². The van der Waals surface area contributed by atoms with E-state index in [1.165, 1.54) is 5.69 Å². The molecular formula is C18H20BF6NO3. The molecule has 11 heteroatoms. The minimum atomic E-state index is -5.01. The van der Waals surface area contributed by atoms with Gasteiger partial charge in [0.25, 0.3) is 0 Å². The van der Waals surface area contributed by atoms with Gasteiger partial charge in [0.2, 0.25) is 0 Å². The van der Waals surface area contributed by atoms with Gasteiger partial charge >= 0.3 is 19.7 Å². The number of benzene rings is 2. The van der Waals surface area contributed by atoms with Gasteiger partial charge in [-0.2, -0.15) is 26.3 Å². The third-order valence-electron chi connectivity index (χ3n) is 3.69. The first-order valence-electron chi connectivity index (χ1n) is 8.50. The zero-order valence-electron chi connectivity index (χ0n) is 15.6. The van der Waals surface area contributed by atoms with Crippen LogP contribution in [0, 0.1) is 0 Å². The van der Waals surface area contributed by atoms with Gasteiger partial charge in [-0.1, -0.05) is 18.2 Å². The molecule has 0 bridgehead atoms. The molecule has 2 rings (SSSR count). The molecule has 2 aromatic carbocycles. The monoisotopic (exact) mass is 423 g/mol. The van der Waals surface area contributed by atoms with Gasteiger partial charge in [-0.15, -0.1) is 0 Å². The Bertz CT molecular complexity index is 717. The van der Waals surface area contributed by atoms with Crippen LogP contribution in [-0.2, 0) is 12.4 Å². The normalized spacial score (nSPS) is 11.4. The lowest BCUT2D eigenvalue weighted by atomic mass is 10.1. The van der Waals surface area contributed by atoms with E-state index < -0.39 is 36.6 Å². The van der Waals surface area contributed by atoms with Crippen LogP contribution in [0.3, 0.4) is 0 Å². The zero-order chi connectivity index (χ0) is 22.2. The maximum atomic E-state index is 12.3. The third-order valence-corrected chi connectivity index (χ3v) is 3.69. The Kier molecular flexibility index (Phi) is 8.84. The predicted octanol–water partition coefficient (Wildman–Crippen LogP) is 4.61. The predicted molar refractivity (Wildman–Crippen MR) is 97.3 cm³/mol. The van der Waals surface area contributed by atoms with Crippen LogP contribution in [0.4, 0.5) is 32.0 Å². The average molecular weight is 423 g/mol. The van der Waals surface area contributed by atoms with E-state index in [-0.39, 0.29) is 18.2 Å². The maximum absolute atomic E-state index is 12.3. The molecule has 0 amide bonds. The van der Waals surface area contributed by atoms with E-state index in [9.17, 15) is 26.3 Å². The van der Waals surface area contributed by atoms with Gasteiger partial charge in [0, 0.05) is 18.8 Å². The number of nitrogens with zero attached hydrogens (tertiary/aromatic N) is 1. The molecular weight excluding hydrogens is 403 g/mol. The second-order valence-corrected chi connectivity index (χ2v) is 5.69. The molecule has 29 heavy (non-hydrogen) atoms. The van der Waals surface area contributed by atoms with Crippen LogP contribution < -0.4 is 9.55 Å². The molecule has 4 nitrogen and oxygen atoms in total. The number of rotatable bonds is 5. The number of alkyl halides is 6. The minimum absolute atomic E-state index is 0.101. The van der Waals surface area contributed by atoms with Crippen molar-refractivity contribution in [2.24, 2.45) is 0 Å². The van der Waals surface area contributed by atoms with Gasteiger partial charge in [0.15, 0.2) is 0 Å². The number of hydrogen-bond donors (Lipinski definition) is 2. The highest BCUT2D eigenvalue weighted by Crippen LogP contribution is 2.38. The summed E-state index contributed by atoms with van der Waals surface area (Å²) in [4.78, 5) is 2.33. The number of halogens is 6. The fourth-order valence-electron chi connectivity index (χ4n) is 2.34. The third kappa shape index (κ3) is 8.24. The number of hydrogen-bond acceptors (Lipinski definition) is 4. The van der Waals surface area contributed by atoms with Gasteiger partial charge in [-0.25, -0.2) is 0 Å². The van der Waals surface area contributed by atoms with E-state index in [1.54, 1.807) is 0 Å². The molecule has 0 aliphatic carbocycles. The van der Waals surface area contributed by atoms with Crippen molar-refractivity contribution in [3.05, 3.63) is 59.7 Å². The van der Waals surface area contributed by atoms with Crippen molar-refractivity contribution in [1.82, 2.24) is 0 Å². The van der Waals surface area contributed by atoms with Crippen molar-refractivity contribution in [2.75, 3.05) is 18.0 Å². The summed E-state index contributed by atoms with van der Waals surface area (Å²) in [6.07, 6.45) is -10.0. The summed E-state index contributed by atoms with van der Waals surface area (Å²) in [5.74, 6) is -0.952. The van der Waals surface area contributed by atoms with Crippen LogP contribution in [-0.4, -0.2) is 30.5 Å². The summed E-state index contributed by atoms with van der Waals surface area (Å²) in [6.45, 7) is 6.52. The first-order chi connectivity index (χ1) is 13.4. The fourth-order valence-corrected chi connectivity index (χ4v) is 2.34. The van der Waals surface area contributed by atoms with Gasteiger partial charge in [0.1, 0.15) is 5.75 Å². The van der Waals surface area contributed by atoms with E-state index in [0.29, 0.717) is 0 Å². The van der Waals surface area contributed by atoms with Crippen LogP contribution in [0.5, 0.6) is 5.75 Å². The smallest absolute Gasteiger partial charge is 0.512 e. The first-order valence-corrected chi connectivity index (χ1v) is 8.50. The Morgan fingerprint density at radius 2 is 1.28 bits per heavy atom. The minimum Gasteiger partial charge on any atom is -0.512 e. The topological polar surface area (TPSA) is 52.9 Å². The quantitative estimate of drug-likeness (QED) is 0.545. The van der Waals surface area contributed by atoms with E-state index in [0.717, 1.165) is 13.1 Å². The molecule has 0 unspecified atom stereocenters.